The number of rotatable bonds is 6. The first-order valence-electron chi connectivity index (χ1n) is 9.62. The van der Waals surface area contributed by atoms with E-state index in [1.54, 1.807) is 25.1 Å². The zero-order valence-corrected chi connectivity index (χ0v) is 15.6. The van der Waals surface area contributed by atoms with E-state index in [-0.39, 0.29) is 23.7 Å². The maximum Gasteiger partial charge on any atom is 0.330 e. The lowest BCUT2D eigenvalue weighted by Crippen LogP contribution is -2.35. The molecule has 1 aromatic rings. The molecule has 1 heterocycles. The van der Waals surface area contributed by atoms with Crippen molar-refractivity contribution in [3.63, 3.8) is 0 Å². The predicted octanol–water partition coefficient (Wildman–Crippen LogP) is 2.99. The van der Waals surface area contributed by atoms with Gasteiger partial charge in [-0.3, -0.25) is 9.59 Å². The van der Waals surface area contributed by atoms with Crippen molar-refractivity contribution in [3.8, 4) is 0 Å². The van der Waals surface area contributed by atoms with Crippen LogP contribution in [-0.2, 0) is 19.1 Å². The van der Waals surface area contributed by atoms with E-state index in [1.165, 1.54) is 18.9 Å². The molecule has 1 N–H and O–H groups in total. The molecule has 144 valence electrons. The third-order valence-corrected chi connectivity index (χ3v) is 5.17. The molecule has 2 aliphatic rings. The second kappa shape index (κ2) is 8.84. The molecule has 3 rings (SSSR count). The van der Waals surface area contributed by atoms with Crippen LogP contribution in [-0.4, -0.2) is 41.9 Å². The molecule has 1 aromatic carbocycles. The highest BCUT2D eigenvalue weighted by Gasteiger charge is 2.38. The number of benzene rings is 1. The molecule has 1 atom stereocenters. The van der Waals surface area contributed by atoms with E-state index in [1.807, 2.05) is 17.0 Å². The molecular weight excluding hydrogens is 344 g/mol. The normalized spacial score (nSPS) is 20.4. The lowest BCUT2D eigenvalue weighted by Gasteiger charge is -2.23. The number of ether oxygens (including phenoxy) is 1. The summed E-state index contributed by atoms with van der Waals surface area (Å²) in [6, 6.07) is 7.52. The maximum atomic E-state index is 12.5. The Kier molecular flexibility index (Phi) is 6.27. The lowest BCUT2D eigenvalue weighted by atomic mass is 10.1. The zero-order valence-electron chi connectivity index (χ0n) is 15.6. The van der Waals surface area contributed by atoms with Gasteiger partial charge >= 0.3 is 5.97 Å². The van der Waals surface area contributed by atoms with Crippen LogP contribution in [0.3, 0.4) is 0 Å². The standard InChI is InChI=1S/C21H26N2O4/c1-2-27-20(25)12-9-15-7-10-17(11-8-15)22-21(26)16-13-19(24)23(14-16)18-5-3-4-6-18/h7-12,16,18H,2-6,13-14H2,1H3,(H,22,26). The predicted molar refractivity (Wildman–Crippen MR) is 103 cm³/mol. The van der Waals surface area contributed by atoms with Crippen molar-refractivity contribution in [2.75, 3.05) is 18.5 Å². The van der Waals surface area contributed by atoms with Crippen LogP contribution < -0.4 is 5.32 Å². The summed E-state index contributed by atoms with van der Waals surface area (Å²) in [7, 11) is 0. The molecule has 1 saturated heterocycles. The van der Waals surface area contributed by atoms with Gasteiger partial charge in [-0.15, -0.1) is 0 Å². The SMILES string of the molecule is CCOC(=O)C=Cc1ccc(NC(=O)C2CC(=O)N(C3CCCC3)C2)cc1. The molecule has 0 radical (unpaired) electrons. The smallest absolute Gasteiger partial charge is 0.330 e. The van der Waals surface area contributed by atoms with Crippen LogP contribution in [0.5, 0.6) is 0 Å². The number of carbonyl (C=O) groups is 3. The molecule has 1 unspecified atom stereocenters. The average molecular weight is 370 g/mol. The first-order valence-corrected chi connectivity index (χ1v) is 9.62. The molecule has 0 aromatic heterocycles. The number of hydrogen-bond donors (Lipinski definition) is 1. The van der Waals surface area contributed by atoms with Gasteiger partial charge in [0.1, 0.15) is 0 Å². The van der Waals surface area contributed by atoms with Gasteiger partial charge < -0.3 is 15.0 Å². The fourth-order valence-corrected chi connectivity index (χ4v) is 3.75. The Morgan fingerprint density at radius 1 is 1.22 bits per heavy atom. The molecule has 0 bridgehead atoms. The summed E-state index contributed by atoms with van der Waals surface area (Å²) in [6.07, 6.45) is 7.78. The van der Waals surface area contributed by atoms with Crippen molar-refractivity contribution >= 4 is 29.5 Å². The summed E-state index contributed by atoms with van der Waals surface area (Å²) in [5, 5.41) is 2.89. The van der Waals surface area contributed by atoms with Gasteiger partial charge in [-0.05, 0) is 43.5 Å². The fourth-order valence-electron chi connectivity index (χ4n) is 3.75. The van der Waals surface area contributed by atoms with Crippen molar-refractivity contribution in [3.05, 3.63) is 35.9 Å². The average Bonchev–Trinajstić information content (AvgIpc) is 3.31. The number of hydrogen-bond acceptors (Lipinski definition) is 4. The van der Waals surface area contributed by atoms with Gasteiger partial charge in [0.2, 0.25) is 11.8 Å². The van der Waals surface area contributed by atoms with Gasteiger partial charge in [0.25, 0.3) is 0 Å². The van der Waals surface area contributed by atoms with E-state index in [0.29, 0.717) is 31.3 Å². The number of carbonyl (C=O) groups excluding carboxylic acids is 3. The first kappa shape index (κ1) is 19.1. The Bertz CT molecular complexity index is 720. The third kappa shape index (κ3) is 4.96. The number of likely N-dealkylation sites (tertiary alicyclic amines) is 1. The number of esters is 1. The van der Waals surface area contributed by atoms with Crippen molar-refractivity contribution < 1.29 is 19.1 Å². The summed E-state index contributed by atoms with van der Waals surface area (Å²) >= 11 is 0. The van der Waals surface area contributed by atoms with Crippen molar-refractivity contribution in [2.45, 2.75) is 45.1 Å². The highest BCUT2D eigenvalue weighted by Crippen LogP contribution is 2.30. The minimum absolute atomic E-state index is 0.0986. The molecule has 2 fully saturated rings. The topological polar surface area (TPSA) is 75.7 Å². The van der Waals surface area contributed by atoms with Crippen LogP contribution in [0.2, 0.25) is 0 Å². The zero-order chi connectivity index (χ0) is 19.2. The Morgan fingerprint density at radius 2 is 1.93 bits per heavy atom. The molecule has 1 aliphatic carbocycles. The van der Waals surface area contributed by atoms with E-state index in [9.17, 15) is 14.4 Å². The molecule has 6 nitrogen and oxygen atoms in total. The maximum absolute atomic E-state index is 12.5. The molecule has 1 aliphatic heterocycles. The molecule has 6 heteroatoms. The third-order valence-electron chi connectivity index (χ3n) is 5.17. The van der Waals surface area contributed by atoms with Crippen molar-refractivity contribution in [2.24, 2.45) is 5.92 Å². The van der Waals surface area contributed by atoms with Gasteiger partial charge in [-0.1, -0.05) is 25.0 Å². The monoisotopic (exact) mass is 370 g/mol. The minimum Gasteiger partial charge on any atom is -0.463 e. The number of nitrogens with zero attached hydrogens (tertiary/aromatic N) is 1. The van der Waals surface area contributed by atoms with E-state index in [0.717, 1.165) is 18.4 Å². The Balaban J connectivity index is 1.53. The second-order valence-corrected chi connectivity index (χ2v) is 7.08. The summed E-state index contributed by atoms with van der Waals surface area (Å²) in [5.74, 6) is -0.686. The fraction of sp³-hybridized carbons (Fsp3) is 0.476. The Labute approximate surface area is 159 Å². The molecule has 0 spiro atoms. The quantitative estimate of drug-likeness (QED) is 0.617. The van der Waals surface area contributed by atoms with Crippen LogP contribution in [0, 0.1) is 5.92 Å². The van der Waals surface area contributed by atoms with E-state index >= 15 is 0 Å². The van der Waals surface area contributed by atoms with Gasteiger partial charge in [0, 0.05) is 30.8 Å². The minimum atomic E-state index is -0.382. The van der Waals surface area contributed by atoms with Crippen LogP contribution in [0.4, 0.5) is 5.69 Å². The van der Waals surface area contributed by atoms with E-state index in [4.69, 9.17) is 4.74 Å². The van der Waals surface area contributed by atoms with Gasteiger partial charge in [0.05, 0.1) is 12.5 Å². The second-order valence-electron chi connectivity index (χ2n) is 7.08. The van der Waals surface area contributed by atoms with E-state index in [2.05, 4.69) is 5.32 Å². The molecule has 1 saturated carbocycles. The Morgan fingerprint density at radius 3 is 2.59 bits per heavy atom. The first-order chi connectivity index (χ1) is 13.1. The number of anilines is 1. The molecule has 27 heavy (non-hydrogen) atoms. The van der Waals surface area contributed by atoms with Crippen LogP contribution in [0.1, 0.15) is 44.6 Å². The van der Waals surface area contributed by atoms with Gasteiger partial charge in [-0.2, -0.15) is 0 Å². The van der Waals surface area contributed by atoms with E-state index < -0.39 is 0 Å². The molecule has 2 amide bonds. The van der Waals surface area contributed by atoms with Gasteiger partial charge in [0.15, 0.2) is 0 Å². The van der Waals surface area contributed by atoms with Crippen LogP contribution in [0.15, 0.2) is 30.3 Å². The summed E-state index contributed by atoms with van der Waals surface area (Å²) in [6.45, 7) is 2.62. The highest BCUT2D eigenvalue weighted by molar-refractivity contribution is 5.97. The van der Waals surface area contributed by atoms with Crippen molar-refractivity contribution in [1.82, 2.24) is 4.90 Å². The summed E-state index contributed by atoms with van der Waals surface area (Å²) in [5.41, 5.74) is 1.52. The highest BCUT2D eigenvalue weighted by atomic mass is 16.5. The lowest BCUT2D eigenvalue weighted by molar-refractivity contribution is -0.137. The number of amides is 2. The number of nitrogens with one attached hydrogen (secondary N) is 1. The summed E-state index contributed by atoms with van der Waals surface area (Å²) in [4.78, 5) is 38.0. The summed E-state index contributed by atoms with van der Waals surface area (Å²) < 4.78 is 4.84. The Hall–Kier alpha value is -2.63. The van der Waals surface area contributed by atoms with Crippen LogP contribution >= 0.6 is 0 Å². The van der Waals surface area contributed by atoms with Gasteiger partial charge in [-0.25, -0.2) is 4.79 Å². The van der Waals surface area contributed by atoms with Crippen LogP contribution in [0.25, 0.3) is 6.08 Å². The van der Waals surface area contributed by atoms with Crippen molar-refractivity contribution in [1.29, 1.82) is 0 Å². The molecular formula is C21H26N2O4. The largest absolute Gasteiger partial charge is 0.463 e.